The van der Waals surface area contributed by atoms with Crippen LogP contribution in [0.1, 0.15) is 15.4 Å². The molecule has 0 saturated carbocycles. The van der Waals surface area contributed by atoms with Gasteiger partial charge >= 0.3 is 0 Å². The molecular weight excluding hydrogens is 305 g/mol. The zero-order chi connectivity index (χ0) is 15.7. The highest BCUT2D eigenvalue weighted by Crippen LogP contribution is 2.27. The quantitative estimate of drug-likeness (QED) is 0.775. The normalized spacial score (nSPS) is 11.0. The van der Waals surface area contributed by atoms with Gasteiger partial charge in [0.1, 0.15) is 10.7 Å². The number of benzene rings is 1. The highest BCUT2D eigenvalue weighted by atomic mass is 32.1. The third-order valence-electron chi connectivity index (χ3n) is 3.30. The Labute approximate surface area is 130 Å². The topological polar surface area (TPSA) is 66.6 Å². The van der Waals surface area contributed by atoms with E-state index in [1.54, 1.807) is 12.1 Å². The molecule has 0 radical (unpaired) electrons. The first-order valence-corrected chi connectivity index (χ1v) is 7.55. The van der Waals surface area contributed by atoms with Gasteiger partial charge in [0.05, 0.1) is 12.3 Å². The van der Waals surface area contributed by atoms with Crippen molar-refractivity contribution in [3.8, 4) is 11.3 Å². The maximum atomic E-state index is 13.0. The number of carbonyl (C=O) groups excluding carboxylic acids is 1. The first-order valence-electron chi connectivity index (χ1n) is 6.73. The van der Waals surface area contributed by atoms with E-state index in [1.807, 2.05) is 17.5 Å². The van der Waals surface area contributed by atoms with Gasteiger partial charge in [-0.1, -0.05) is 11.3 Å². The Balaban J connectivity index is 1.95. The van der Waals surface area contributed by atoms with E-state index in [0.29, 0.717) is 9.84 Å². The molecule has 2 heterocycles. The number of aliphatic hydroxyl groups excluding tert-OH is 1. The van der Waals surface area contributed by atoms with Crippen LogP contribution in [0.3, 0.4) is 0 Å². The molecule has 0 aliphatic rings. The second-order valence-electron chi connectivity index (χ2n) is 4.78. The number of halogens is 1. The number of hydrogen-bond acceptors (Lipinski definition) is 4. The molecule has 0 aliphatic carbocycles. The fourth-order valence-corrected chi connectivity index (χ4v) is 3.20. The number of thiazole rings is 1. The summed E-state index contributed by atoms with van der Waals surface area (Å²) in [5, 5.41) is 11.4. The van der Waals surface area contributed by atoms with E-state index in [1.165, 1.54) is 23.5 Å². The number of amides is 1. The van der Waals surface area contributed by atoms with Crippen LogP contribution in [0, 0.1) is 12.7 Å². The number of aromatic nitrogens is 2. The molecule has 7 heteroatoms. The standard InChI is InChI=1S/C15H14FN3O2S/c1-9-13(14(21)17-6-7-20)22-15-18-12(8-19(9)15)10-2-4-11(16)5-3-10/h2-5,8,20H,6-7H2,1H3,(H,17,21). The van der Waals surface area contributed by atoms with Crippen molar-refractivity contribution in [2.75, 3.05) is 13.2 Å². The van der Waals surface area contributed by atoms with Crippen molar-refractivity contribution < 1.29 is 14.3 Å². The summed E-state index contributed by atoms with van der Waals surface area (Å²) in [6.07, 6.45) is 1.83. The third kappa shape index (κ3) is 2.60. The highest BCUT2D eigenvalue weighted by Gasteiger charge is 2.17. The maximum Gasteiger partial charge on any atom is 0.263 e. The Morgan fingerprint density at radius 2 is 2.14 bits per heavy atom. The predicted octanol–water partition coefficient (Wildman–Crippen LogP) is 2.23. The minimum Gasteiger partial charge on any atom is -0.395 e. The zero-order valence-electron chi connectivity index (χ0n) is 11.8. The molecule has 0 bridgehead atoms. The van der Waals surface area contributed by atoms with Crippen molar-refractivity contribution in [3.63, 3.8) is 0 Å². The first-order chi connectivity index (χ1) is 10.6. The summed E-state index contributed by atoms with van der Waals surface area (Å²) in [5.74, 6) is -0.505. The Hall–Kier alpha value is -2.25. The number of rotatable bonds is 4. The van der Waals surface area contributed by atoms with E-state index in [9.17, 15) is 9.18 Å². The van der Waals surface area contributed by atoms with Gasteiger partial charge in [-0.25, -0.2) is 9.37 Å². The minimum absolute atomic E-state index is 0.0952. The van der Waals surface area contributed by atoms with Crippen LogP contribution in [0.15, 0.2) is 30.5 Å². The second-order valence-corrected chi connectivity index (χ2v) is 5.76. The smallest absolute Gasteiger partial charge is 0.263 e. The zero-order valence-corrected chi connectivity index (χ0v) is 12.7. The van der Waals surface area contributed by atoms with Crippen molar-refractivity contribution >= 4 is 22.2 Å². The van der Waals surface area contributed by atoms with Crippen LogP contribution >= 0.6 is 11.3 Å². The van der Waals surface area contributed by atoms with Gasteiger partial charge in [-0.15, -0.1) is 0 Å². The summed E-state index contributed by atoms with van der Waals surface area (Å²) in [7, 11) is 0. The average molecular weight is 319 g/mol. The van der Waals surface area contributed by atoms with Crippen LogP contribution in [-0.2, 0) is 0 Å². The van der Waals surface area contributed by atoms with Crippen LogP contribution < -0.4 is 5.32 Å². The third-order valence-corrected chi connectivity index (χ3v) is 4.46. The van der Waals surface area contributed by atoms with E-state index in [0.717, 1.165) is 17.0 Å². The molecule has 114 valence electrons. The Morgan fingerprint density at radius 3 is 2.77 bits per heavy atom. The summed E-state index contributed by atoms with van der Waals surface area (Å²) in [6, 6.07) is 6.13. The summed E-state index contributed by atoms with van der Waals surface area (Å²) in [5.41, 5.74) is 2.34. The molecule has 2 N–H and O–H groups in total. The van der Waals surface area contributed by atoms with E-state index < -0.39 is 0 Å². The monoisotopic (exact) mass is 319 g/mol. The van der Waals surface area contributed by atoms with Crippen molar-refractivity contribution in [2.45, 2.75) is 6.92 Å². The molecule has 0 saturated heterocycles. The number of nitrogens with zero attached hydrogens (tertiary/aromatic N) is 2. The molecular formula is C15H14FN3O2S. The van der Waals surface area contributed by atoms with Gasteiger partial charge in [-0.05, 0) is 31.2 Å². The van der Waals surface area contributed by atoms with Gasteiger partial charge < -0.3 is 10.4 Å². The Morgan fingerprint density at radius 1 is 1.41 bits per heavy atom. The van der Waals surface area contributed by atoms with Gasteiger partial charge in [0.25, 0.3) is 5.91 Å². The predicted molar refractivity (Wildman–Crippen MR) is 82.6 cm³/mol. The van der Waals surface area contributed by atoms with Crippen molar-refractivity contribution in [1.29, 1.82) is 0 Å². The Kier molecular flexibility index (Phi) is 3.91. The van der Waals surface area contributed by atoms with E-state index >= 15 is 0 Å². The molecule has 3 rings (SSSR count). The Bertz CT molecular complexity index is 823. The van der Waals surface area contributed by atoms with E-state index in [4.69, 9.17) is 5.11 Å². The van der Waals surface area contributed by atoms with Gasteiger partial charge in [0.15, 0.2) is 4.96 Å². The molecule has 1 amide bonds. The number of nitrogens with one attached hydrogen (secondary N) is 1. The molecule has 1 aromatic carbocycles. The van der Waals surface area contributed by atoms with E-state index in [-0.39, 0.29) is 24.9 Å². The number of imidazole rings is 1. The lowest BCUT2D eigenvalue weighted by molar-refractivity contribution is 0.0948. The van der Waals surface area contributed by atoms with E-state index in [2.05, 4.69) is 10.3 Å². The minimum atomic E-state index is -0.288. The maximum absolute atomic E-state index is 13.0. The van der Waals surface area contributed by atoms with Gasteiger partial charge in [-0.2, -0.15) is 0 Å². The lowest BCUT2D eigenvalue weighted by Crippen LogP contribution is -2.26. The van der Waals surface area contributed by atoms with Crippen LogP contribution in [0.5, 0.6) is 0 Å². The number of aryl methyl sites for hydroxylation is 1. The molecule has 0 unspecified atom stereocenters. The number of aliphatic hydroxyl groups is 1. The highest BCUT2D eigenvalue weighted by molar-refractivity contribution is 7.19. The second kappa shape index (κ2) is 5.86. The van der Waals surface area contributed by atoms with Crippen molar-refractivity contribution in [2.24, 2.45) is 0 Å². The number of fused-ring (bicyclic) bond motifs is 1. The molecule has 0 spiro atoms. The fraction of sp³-hybridized carbons (Fsp3) is 0.200. The summed E-state index contributed by atoms with van der Waals surface area (Å²) in [4.78, 5) is 17.7. The number of hydrogen-bond donors (Lipinski definition) is 2. The van der Waals surface area contributed by atoms with Gasteiger partial charge in [0, 0.05) is 24.0 Å². The molecule has 3 aromatic rings. The summed E-state index contributed by atoms with van der Waals surface area (Å²) in [6.45, 7) is 1.97. The molecule has 22 heavy (non-hydrogen) atoms. The summed E-state index contributed by atoms with van der Waals surface area (Å²) >= 11 is 1.29. The van der Waals surface area contributed by atoms with Crippen LogP contribution in [0.25, 0.3) is 16.2 Å². The lowest BCUT2D eigenvalue weighted by Gasteiger charge is -2.01. The molecule has 2 aromatic heterocycles. The first kappa shape index (κ1) is 14.7. The lowest BCUT2D eigenvalue weighted by atomic mass is 10.2. The van der Waals surface area contributed by atoms with Crippen LogP contribution in [0.2, 0.25) is 0 Å². The molecule has 5 nitrogen and oxygen atoms in total. The molecule has 0 aliphatic heterocycles. The van der Waals surface area contributed by atoms with Crippen LogP contribution in [0.4, 0.5) is 4.39 Å². The molecule has 0 fully saturated rings. The van der Waals surface area contributed by atoms with Crippen molar-refractivity contribution in [1.82, 2.24) is 14.7 Å². The van der Waals surface area contributed by atoms with Gasteiger partial charge in [-0.3, -0.25) is 9.20 Å². The number of carbonyl (C=O) groups is 1. The average Bonchev–Trinajstić information content (AvgIpc) is 3.06. The largest absolute Gasteiger partial charge is 0.395 e. The van der Waals surface area contributed by atoms with Gasteiger partial charge in [0.2, 0.25) is 0 Å². The SMILES string of the molecule is Cc1c(C(=O)NCCO)sc2nc(-c3ccc(F)cc3)cn12. The summed E-state index contributed by atoms with van der Waals surface area (Å²) < 4.78 is 14.8. The fourth-order valence-electron chi connectivity index (χ4n) is 2.17. The molecule has 0 atom stereocenters. The van der Waals surface area contributed by atoms with Crippen LogP contribution in [-0.4, -0.2) is 33.6 Å². The van der Waals surface area contributed by atoms with Crippen molar-refractivity contribution in [3.05, 3.63) is 46.9 Å².